The second-order valence-electron chi connectivity index (χ2n) is 7.99. The summed E-state index contributed by atoms with van der Waals surface area (Å²) in [6, 6.07) is 0. The largest absolute Gasteiger partial charge is 0.394 e. The van der Waals surface area contributed by atoms with Crippen molar-refractivity contribution in [3.8, 4) is 0 Å². The molecule has 24 heavy (non-hydrogen) atoms. The normalized spacial score (nSPS) is 50.0. The Morgan fingerprint density at radius 2 is 1.21 bits per heavy atom. The molecule has 0 aromatic rings. The number of hydrogen-bond donors (Lipinski definition) is 1. The number of methoxy groups -OCH3 is 1. The maximum absolute atomic E-state index is 9.55. The number of aliphatic hydroxyl groups is 1. The SMILES string of the molecule is CO[C@@H]1OC(CO[C@@H]2OC(CO)[C@@H](C)[C@H](C)C2C)[C@@H](C)[C@H](C)C1C. The van der Waals surface area contributed by atoms with Gasteiger partial charge in [0.2, 0.25) is 0 Å². The summed E-state index contributed by atoms with van der Waals surface area (Å²) >= 11 is 0. The van der Waals surface area contributed by atoms with Crippen LogP contribution in [0.1, 0.15) is 41.5 Å². The van der Waals surface area contributed by atoms with Gasteiger partial charge >= 0.3 is 0 Å². The molecule has 2 heterocycles. The zero-order valence-electron chi connectivity index (χ0n) is 16.3. The van der Waals surface area contributed by atoms with Crippen LogP contribution in [-0.2, 0) is 18.9 Å². The topological polar surface area (TPSA) is 57.2 Å². The minimum absolute atomic E-state index is 0.000757. The zero-order valence-corrected chi connectivity index (χ0v) is 16.3. The van der Waals surface area contributed by atoms with Gasteiger partial charge in [0.1, 0.15) is 0 Å². The monoisotopic (exact) mass is 344 g/mol. The summed E-state index contributed by atoms with van der Waals surface area (Å²) in [6.45, 7) is 13.7. The lowest BCUT2D eigenvalue weighted by Gasteiger charge is -2.45. The minimum atomic E-state index is -0.292. The van der Waals surface area contributed by atoms with Gasteiger partial charge in [0.05, 0.1) is 25.4 Å². The summed E-state index contributed by atoms with van der Waals surface area (Å²) in [6.07, 6.45) is -0.630. The third-order valence-electron chi connectivity index (χ3n) is 6.80. The van der Waals surface area contributed by atoms with Crippen molar-refractivity contribution in [3.05, 3.63) is 0 Å². The van der Waals surface area contributed by atoms with E-state index >= 15 is 0 Å². The van der Waals surface area contributed by atoms with Gasteiger partial charge in [-0.25, -0.2) is 0 Å². The van der Waals surface area contributed by atoms with E-state index in [9.17, 15) is 5.11 Å². The molecule has 0 aliphatic carbocycles. The lowest BCUT2D eigenvalue weighted by atomic mass is 9.78. The van der Waals surface area contributed by atoms with Crippen LogP contribution in [0.3, 0.4) is 0 Å². The standard InChI is InChI=1S/C19H36O5/c1-10-12(3)16(8-20)23-19(15(10)6)22-9-17-13(4)11(2)14(5)18(21-7)24-17/h10-20H,8-9H2,1-7H3/t10-,11-,12-,13-,14?,15?,16?,17?,18+,19+/m0/s1. The van der Waals surface area contributed by atoms with Crippen LogP contribution >= 0.6 is 0 Å². The molecule has 0 radical (unpaired) electrons. The number of rotatable bonds is 5. The first kappa shape index (κ1) is 20.1. The van der Waals surface area contributed by atoms with E-state index in [-0.39, 0.29) is 37.3 Å². The van der Waals surface area contributed by atoms with E-state index in [0.29, 0.717) is 36.2 Å². The molecule has 0 saturated carbocycles. The van der Waals surface area contributed by atoms with Gasteiger partial charge in [-0.3, -0.25) is 0 Å². The third kappa shape index (κ3) is 3.96. The van der Waals surface area contributed by atoms with E-state index in [1.54, 1.807) is 7.11 Å². The van der Waals surface area contributed by atoms with Gasteiger partial charge in [0.25, 0.3) is 0 Å². The van der Waals surface area contributed by atoms with Crippen molar-refractivity contribution in [2.75, 3.05) is 20.3 Å². The first-order valence-corrected chi connectivity index (χ1v) is 9.37. The molecule has 2 fully saturated rings. The van der Waals surface area contributed by atoms with Crippen molar-refractivity contribution >= 4 is 0 Å². The van der Waals surface area contributed by atoms with E-state index in [4.69, 9.17) is 18.9 Å². The Balaban J connectivity index is 1.96. The van der Waals surface area contributed by atoms with E-state index in [1.165, 1.54) is 0 Å². The van der Waals surface area contributed by atoms with Gasteiger partial charge in [-0.05, 0) is 23.7 Å². The first-order valence-electron chi connectivity index (χ1n) is 9.37. The predicted octanol–water partition coefficient (Wildman–Crippen LogP) is 2.91. The highest BCUT2D eigenvalue weighted by Crippen LogP contribution is 2.38. The van der Waals surface area contributed by atoms with Gasteiger partial charge in [-0.2, -0.15) is 0 Å². The van der Waals surface area contributed by atoms with Crippen molar-refractivity contribution in [1.82, 2.24) is 0 Å². The van der Waals surface area contributed by atoms with Crippen molar-refractivity contribution in [1.29, 1.82) is 0 Å². The summed E-state index contributed by atoms with van der Waals surface area (Å²) < 4.78 is 23.7. The molecule has 0 aromatic carbocycles. The molecular formula is C19H36O5. The fourth-order valence-electron chi connectivity index (χ4n) is 4.02. The van der Waals surface area contributed by atoms with Crippen LogP contribution in [0.2, 0.25) is 0 Å². The lowest BCUT2D eigenvalue weighted by Crippen LogP contribution is -2.50. The van der Waals surface area contributed by atoms with Crippen LogP contribution in [0.15, 0.2) is 0 Å². The molecule has 0 spiro atoms. The summed E-state index contributed by atoms with van der Waals surface area (Å²) in [5, 5.41) is 9.55. The van der Waals surface area contributed by atoms with Crippen LogP contribution in [0.4, 0.5) is 0 Å². The molecule has 2 saturated heterocycles. The predicted molar refractivity (Wildman–Crippen MR) is 92.4 cm³/mol. The second kappa shape index (κ2) is 8.45. The van der Waals surface area contributed by atoms with E-state index in [0.717, 1.165) is 0 Å². The molecule has 142 valence electrons. The zero-order chi connectivity index (χ0) is 18.0. The Morgan fingerprint density at radius 3 is 1.75 bits per heavy atom. The summed E-state index contributed by atoms with van der Waals surface area (Å²) in [7, 11) is 1.70. The van der Waals surface area contributed by atoms with Crippen molar-refractivity contribution in [2.45, 2.75) is 66.3 Å². The lowest BCUT2D eigenvalue weighted by molar-refractivity contribution is -0.288. The molecule has 0 amide bonds. The van der Waals surface area contributed by atoms with E-state index in [2.05, 4.69) is 41.5 Å². The van der Waals surface area contributed by atoms with E-state index in [1.807, 2.05) is 0 Å². The van der Waals surface area contributed by atoms with Crippen molar-refractivity contribution in [3.63, 3.8) is 0 Å². The van der Waals surface area contributed by atoms with Crippen LogP contribution < -0.4 is 0 Å². The van der Waals surface area contributed by atoms with E-state index < -0.39 is 0 Å². The maximum atomic E-state index is 9.55. The number of aliphatic hydroxyl groups excluding tert-OH is 1. The molecule has 10 atom stereocenters. The summed E-state index contributed by atoms with van der Waals surface area (Å²) in [4.78, 5) is 0. The Hall–Kier alpha value is -0.200. The van der Waals surface area contributed by atoms with Gasteiger partial charge < -0.3 is 24.1 Å². The van der Waals surface area contributed by atoms with Gasteiger partial charge in [-0.1, -0.05) is 41.5 Å². The molecule has 0 bridgehead atoms. The molecule has 2 aliphatic rings. The molecule has 1 N–H and O–H groups in total. The molecule has 2 aliphatic heterocycles. The Morgan fingerprint density at radius 1 is 0.708 bits per heavy atom. The summed E-state index contributed by atoms with van der Waals surface area (Å²) in [5.41, 5.74) is 0. The van der Waals surface area contributed by atoms with Crippen LogP contribution in [0, 0.1) is 35.5 Å². The second-order valence-corrected chi connectivity index (χ2v) is 7.99. The Labute approximate surface area is 147 Å². The molecule has 5 nitrogen and oxygen atoms in total. The highest BCUT2D eigenvalue weighted by Gasteiger charge is 2.42. The van der Waals surface area contributed by atoms with Crippen molar-refractivity contribution in [2.24, 2.45) is 35.5 Å². The Bertz CT molecular complexity index is 350. The number of ether oxygens (including phenoxy) is 4. The fraction of sp³-hybridized carbons (Fsp3) is 1.00. The Kier molecular flexibility index (Phi) is 7.09. The van der Waals surface area contributed by atoms with Crippen LogP contribution in [0.5, 0.6) is 0 Å². The minimum Gasteiger partial charge on any atom is -0.394 e. The van der Waals surface area contributed by atoms with Gasteiger partial charge in [-0.15, -0.1) is 0 Å². The maximum Gasteiger partial charge on any atom is 0.160 e. The van der Waals surface area contributed by atoms with Gasteiger partial charge in [0, 0.05) is 18.9 Å². The van der Waals surface area contributed by atoms with Crippen LogP contribution in [0.25, 0.3) is 0 Å². The average Bonchev–Trinajstić information content (AvgIpc) is 2.58. The average molecular weight is 344 g/mol. The fourth-order valence-corrected chi connectivity index (χ4v) is 4.02. The van der Waals surface area contributed by atoms with Crippen LogP contribution in [-0.4, -0.2) is 50.2 Å². The molecule has 0 aromatic heterocycles. The number of hydrogen-bond acceptors (Lipinski definition) is 5. The highest BCUT2D eigenvalue weighted by atomic mass is 16.7. The molecule has 5 heteroatoms. The summed E-state index contributed by atoms with van der Waals surface area (Å²) in [5.74, 6) is 2.33. The third-order valence-corrected chi connectivity index (χ3v) is 6.80. The highest BCUT2D eigenvalue weighted by molar-refractivity contribution is 4.85. The van der Waals surface area contributed by atoms with Gasteiger partial charge in [0.15, 0.2) is 12.6 Å². The quantitative estimate of drug-likeness (QED) is 0.831. The molecular weight excluding hydrogens is 308 g/mol. The van der Waals surface area contributed by atoms with Crippen molar-refractivity contribution < 1.29 is 24.1 Å². The first-order chi connectivity index (χ1) is 11.3. The molecule has 2 rings (SSSR count). The smallest absolute Gasteiger partial charge is 0.160 e. The molecule has 4 unspecified atom stereocenters.